The average molecular weight is 506 g/mol. The van der Waals surface area contributed by atoms with Crippen LogP contribution in [0.15, 0.2) is 71.7 Å². The number of halogens is 2. The van der Waals surface area contributed by atoms with E-state index in [0.717, 1.165) is 6.07 Å². The monoisotopic (exact) mass is 506 g/mol. The first-order valence-corrected chi connectivity index (χ1v) is 11.3. The van der Waals surface area contributed by atoms with E-state index in [-0.39, 0.29) is 22.9 Å². The number of anilines is 3. The third kappa shape index (κ3) is 4.79. The number of hydrogen-bond donors (Lipinski definition) is 2. The molecule has 0 aliphatic carbocycles. The highest BCUT2D eigenvalue weighted by Crippen LogP contribution is 2.33. The van der Waals surface area contributed by atoms with Crippen LogP contribution < -0.4 is 36.0 Å². The van der Waals surface area contributed by atoms with Crippen LogP contribution in [0, 0.1) is 11.6 Å². The molecule has 2 aromatic carbocycles. The largest absolute Gasteiger partial charge is 0.475 e. The number of nitrogens with two attached hydrogens (primary N) is 1. The Labute approximate surface area is 209 Å². The molecule has 9 nitrogen and oxygen atoms in total. The minimum absolute atomic E-state index is 0.0742. The summed E-state index contributed by atoms with van der Waals surface area (Å²) in [6, 6.07) is 13.6. The molecule has 0 saturated heterocycles. The Morgan fingerprint density at radius 1 is 1.11 bits per heavy atom. The minimum Gasteiger partial charge on any atom is -0.475 e. The second-order valence-corrected chi connectivity index (χ2v) is 8.32. The lowest BCUT2D eigenvalue weighted by Gasteiger charge is -2.30. The lowest BCUT2D eigenvalue weighted by Crippen LogP contribution is -2.36. The van der Waals surface area contributed by atoms with Gasteiger partial charge >= 0.3 is 0 Å². The third-order valence-corrected chi connectivity index (χ3v) is 5.76. The van der Waals surface area contributed by atoms with E-state index in [0.29, 0.717) is 36.1 Å². The first kappa shape index (κ1) is 23.8. The van der Waals surface area contributed by atoms with E-state index in [2.05, 4.69) is 10.3 Å². The normalized spacial score (nSPS) is 12.5. The maximum absolute atomic E-state index is 14.7. The number of carbonyl (C=O) groups is 1. The van der Waals surface area contributed by atoms with E-state index in [9.17, 15) is 18.4 Å². The van der Waals surface area contributed by atoms with Crippen LogP contribution >= 0.6 is 0 Å². The standard InChI is InChI=1S/C26H21F2N5O4/c1-32-10-11-36-26-21(32)14-19(25(35)33(26)17-5-2-15(27)3-6-17)24(34)31-16-4-7-22(20(28)12-16)37-18-8-9-30-23(29)13-18/h2-9,12-14H,10-11H2,1H3,(H2,29,30)(H,31,34)/p+1. The van der Waals surface area contributed by atoms with Crippen molar-refractivity contribution in [1.82, 2.24) is 4.57 Å². The highest BCUT2D eigenvalue weighted by atomic mass is 19.1. The van der Waals surface area contributed by atoms with Gasteiger partial charge in [0.1, 0.15) is 23.7 Å². The van der Waals surface area contributed by atoms with Crippen molar-refractivity contribution in [3.8, 4) is 23.1 Å². The van der Waals surface area contributed by atoms with Crippen LogP contribution in [-0.4, -0.2) is 30.7 Å². The molecule has 3 heterocycles. The number of ether oxygens (including phenoxy) is 2. The Morgan fingerprint density at radius 2 is 1.89 bits per heavy atom. The number of amides is 1. The number of benzene rings is 2. The van der Waals surface area contributed by atoms with Gasteiger partial charge in [0.2, 0.25) is 5.88 Å². The second kappa shape index (κ2) is 9.61. The molecule has 0 atom stereocenters. The summed E-state index contributed by atoms with van der Waals surface area (Å²) in [4.78, 5) is 31.2. The zero-order chi connectivity index (χ0) is 26.1. The summed E-state index contributed by atoms with van der Waals surface area (Å²) in [5.41, 5.74) is 5.76. The van der Waals surface area contributed by atoms with E-state index in [4.69, 9.17) is 15.2 Å². The smallest absolute Gasteiger partial charge is 0.273 e. The molecule has 5 rings (SSSR count). The van der Waals surface area contributed by atoms with Crippen molar-refractivity contribution in [2.45, 2.75) is 0 Å². The Hall–Kier alpha value is -4.93. The SMILES string of the molecule is CN1CCOc2c1cc(C(=O)Nc1ccc(Oc3cc[nH+]c(N)c3)c(F)c1)c(=O)n2-c1ccc(F)cc1. The van der Waals surface area contributed by atoms with Gasteiger partial charge in [0.15, 0.2) is 11.6 Å². The van der Waals surface area contributed by atoms with Crippen molar-refractivity contribution in [3.63, 3.8) is 0 Å². The first-order valence-electron chi connectivity index (χ1n) is 11.3. The minimum atomic E-state index is -0.748. The van der Waals surface area contributed by atoms with Crippen molar-refractivity contribution >= 4 is 23.1 Å². The van der Waals surface area contributed by atoms with Crippen LogP contribution in [0.3, 0.4) is 0 Å². The second-order valence-electron chi connectivity index (χ2n) is 8.32. The van der Waals surface area contributed by atoms with Crippen molar-refractivity contribution in [1.29, 1.82) is 0 Å². The molecule has 0 unspecified atom stereocenters. The van der Waals surface area contributed by atoms with Crippen LogP contribution in [0.4, 0.5) is 26.0 Å². The van der Waals surface area contributed by atoms with Gasteiger partial charge in [0.05, 0.1) is 30.2 Å². The molecule has 1 aliphatic rings. The molecule has 0 bridgehead atoms. The number of aromatic amines is 1. The maximum atomic E-state index is 14.7. The zero-order valence-electron chi connectivity index (χ0n) is 19.6. The number of fused-ring (bicyclic) bond motifs is 1. The number of aromatic nitrogens is 2. The van der Waals surface area contributed by atoms with E-state index < -0.39 is 23.1 Å². The Kier molecular flexibility index (Phi) is 6.18. The highest BCUT2D eigenvalue weighted by Gasteiger charge is 2.26. The summed E-state index contributed by atoms with van der Waals surface area (Å²) in [5.74, 6) is -1.11. The molecule has 0 radical (unpaired) electrons. The van der Waals surface area contributed by atoms with Crippen LogP contribution in [0.1, 0.15) is 10.4 Å². The molecule has 0 saturated carbocycles. The van der Waals surface area contributed by atoms with Crippen molar-refractivity contribution < 1.29 is 28.0 Å². The van der Waals surface area contributed by atoms with Crippen molar-refractivity contribution in [2.24, 2.45) is 0 Å². The number of carbonyl (C=O) groups excluding carboxylic acids is 1. The zero-order valence-corrected chi connectivity index (χ0v) is 19.6. The lowest BCUT2D eigenvalue weighted by molar-refractivity contribution is -0.360. The number of H-pyrrole nitrogens is 1. The Bertz CT molecular complexity index is 1560. The van der Waals surface area contributed by atoms with Gasteiger partial charge in [-0.3, -0.25) is 15.3 Å². The predicted molar refractivity (Wildman–Crippen MR) is 133 cm³/mol. The number of nitrogens with zero attached hydrogens (tertiary/aromatic N) is 2. The van der Waals surface area contributed by atoms with Crippen LogP contribution in [0.5, 0.6) is 17.4 Å². The highest BCUT2D eigenvalue weighted by molar-refractivity contribution is 6.05. The molecule has 1 amide bonds. The number of nitrogen functional groups attached to an aromatic ring is 1. The summed E-state index contributed by atoms with van der Waals surface area (Å²) < 4.78 is 40.7. The van der Waals surface area contributed by atoms with Gasteiger partial charge in [-0.15, -0.1) is 0 Å². The molecule has 1 aliphatic heterocycles. The van der Waals surface area contributed by atoms with Crippen LogP contribution in [-0.2, 0) is 0 Å². The lowest BCUT2D eigenvalue weighted by atomic mass is 10.1. The van der Waals surface area contributed by atoms with Crippen LogP contribution in [0.2, 0.25) is 0 Å². The molecule has 0 fully saturated rings. The summed E-state index contributed by atoms with van der Waals surface area (Å²) in [5, 5.41) is 2.56. The summed E-state index contributed by atoms with van der Waals surface area (Å²) in [6.07, 6.45) is 1.55. The van der Waals surface area contributed by atoms with Gasteiger partial charge in [-0.05, 0) is 42.5 Å². The van der Waals surface area contributed by atoms with E-state index in [1.165, 1.54) is 53.1 Å². The van der Waals surface area contributed by atoms with E-state index in [1.807, 2.05) is 4.90 Å². The molecule has 37 heavy (non-hydrogen) atoms. The summed E-state index contributed by atoms with van der Waals surface area (Å²) in [7, 11) is 1.80. The van der Waals surface area contributed by atoms with Gasteiger partial charge in [-0.25, -0.2) is 18.3 Å². The van der Waals surface area contributed by atoms with Gasteiger partial charge in [0.25, 0.3) is 17.3 Å². The fraction of sp³-hybridized carbons (Fsp3) is 0.115. The number of nitrogens with one attached hydrogen (secondary N) is 2. The maximum Gasteiger partial charge on any atom is 0.273 e. The molecule has 0 spiro atoms. The molecule has 4 aromatic rings. The topological polar surface area (TPSA) is 113 Å². The summed E-state index contributed by atoms with van der Waals surface area (Å²) in [6.45, 7) is 0.866. The van der Waals surface area contributed by atoms with E-state index in [1.54, 1.807) is 19.3 Å². The quantitative estimate of drug-likeness (QED) is 0.429. The molecule has 2 aromatic heterocycles. The molecule has 4 N–H and O–H groups in total. The van der Waals surface area contributed by atoms with Gasteiger partial charge in [-0.1, -0.05) is 0 Å². The molecule has 188 valence electrons. The fourth-order valence-corrected chi connectivity index (χ4v) is 3.90. The van der Waals surface area contributed by atoms with Gasteiger partial charge < -0.3 is 19.7 Å². The van der Waals surface area contributed by atoms with Gasteiger partial charge in [0, 0.05) is 24.9 Å². The van der Waals surface area contributed by atoms with Crippen molar-refractivity contribution in [3.05, 3.63) is 94.4 Å². The predicted octanol–water partition coefficient (Wildman–Crippen LogP) is 3.39. The Morgan fingerprint density at radius 3 is 2.62 bits per heavy atom. The Balaban J connectivity index is 1.47. The number of hydrogen-bond acceptors (Lipinski definition) is 6. The van der Waals surface area contributed by atoms with E-state index >= 15 is 0 Å². The number of likely N-dealkylation sites (N-methyl/N-ethyl adjacent to an activating group) is 1. The average Bonchev–Trinajstić information content (AvgIpc) is 2.86. The molecular formula is C26H22F2N5O4+. The van der Waals surface area contributed by atoms with Crippen LogP contribution in [0.25, 0.3) is 5.69 Å². The van der Waals surface area contributed by atoms with Crippen molar-refractivity contribution in [2.75, 3.05) is 36.1 Å². The fourth-order valence-electron chi connectivity index (χ4n) is 3.90. The third-order valence-electron chi connectivity index (χ3n) is 5.76. The first-order chi connectivity index (χ1) is 17.8. The molecular weight excluding hydrogens is 484 g/mol. The number of pyridine rings is 2. The summed E-state index contributed by atoms with van der Waals surface area (Å²) >= 11 is 0. The van der Waals surface area contributed by atoms with Gasteiger partial charge in [-0.2, -0.15) is 0 Å². The number of rotatable bonds is 5. The molecule has 11 heteroatoms.